The lowest BCUT2D eigenvalue weighted by Gasteiger charge is -2.31. The summed E-state index contributed by atoms with van der Waals surface area (Å²) in [5.41, 5.74) is 2.21. The summed E-state index contributed by atoms with van der Waals surface area (Å²) < 4.78 is 51.8. The Labute approximate surface area is 223 Å². The van der Waals surface area contributed by atoms with Gasteiger partial charge in [-0.25, -0.2) is 0 Å². The van der Waals surface area contributed by atoms with Crippen LogP contribution < -0.4 is 5.32 Å². The number of ether oxygens (including phenoxy) is 2. The van der Waals surface area contributed by atoms with Crippen molar-refractivity contribution in [2.24, 2.45) is 5.92 Å². The maximum absolute atomic E-state index is 13.7. The fourth-order valence-corrected chi connectivity index (χ4v) is 5.38. The van der Waals surface area contributed by atoms with Gasteiger partial charge in [0.15, 0.2) is 0 Å². The predicted molar refractivity (Wildman–Crippen MR) is 141 cm³/mol. The Kier molecular flexibility index (Phi) is 10.4. The van der Waals surface area contributed by atoms with Gasteiger partial charge in [0.05, 0.1) is 31.0 Å². The van der Waals surface area contributed by atoms with Crippen LogP contribution in [0.5, 0.6) is 0 Å². The van der Waals surface area contributed by atoms with Crippen LogP contribution in [0.25, 0.3) is 0 Å². The molecule has 0 aromatic heterocycles. The number of hydrogen-bond donors (Lipinski definition) is 2. The zero-order chi connectivity index (χ0) is 27.9. The number of halogens is 3. The van der Waals surface area contributed by atoms with Crippen molar-refractivity contribution in [2.75, 3.05) is 19.8 Å². The molecule has 210 valence electrons. The molecule has 1 aliphatic rings. The molecule has 2 atom stereocenters. The molecule has 2 N–H and O–H groups in total. The first-order chi connectivity index (χ1) is 17.9. The van der Waals surface area contributed by atoms with Gasteiger partial charge in [0.2, 0.25) is 0 Å². The largest absolute Gasteiger partial charge is 0.466 e. The Hall–Kier alpha value is -2.42. The maximum atomic E-state index is 13.7. The standard InChI is InChI=1S/C30H40F3NO4/c1-5-37-28(36)14-13-26-25(11-8-12-27(26)30(31,32)33)20(2)38-19-24(35)18-34-29(3,4)17-21-15-22-9-6-7-10-23(22)16-21/h6-12,20-21,24,34-35H,5,13-19H2,1-4H3/t20-,24-/m1/s1. The van der Waals surface area contributed by atoms with Crippen LogP contribution in [0.4, 0.5) is 13.2 Å². The van der Waals surface area contributed by atoms with Crippen LogP contribution in [0.15, 0.2) is 42.5 Å². The molecule has 0 amide bonds. The molecule has 38 heavy (non-hydrogen) atoms. The molecule has 0 saturated heterocycles. The second-order valence-corrected chi connectivity index (χ2v) is 10.8. The second kappa shape index (κ2) is 13.1. The van der Waals surface area contributed by atoms with E-state index in [0.717, 1.165) is 25.3 Å². The van der Waals surface area contributed by atoms with Crippen LogP contribution in [-0.2, 0) is 39.7 Å². The van der Waals surface area contributed by atoms with Crippen LogP contribution in [0.2, 0.25) is 0 Å². The van der Waals surface area contributed by atoms with E-state index in [4.69, 9.17) is 9.47 Å². The second-order valence-electron chi connectivity index (χ2n) is 10.8. The summed E-state index contributed by atoms with van der Waals surface area (Å²) in [4.78, 5) is 11.8. The van der Waals surface area contributed by atoms with Crippen molar-refractivity contribution in [3.05, 3.63) is 70.3 Å². The summed E-state index contributed by atoms with van der Waals surface area (Å²) in [5.74, 6) is -0.00755. The van der Waals surface area contributed by atoms with Gasteiger partial charge in [-0.1, -0.05) is 36.4 Å². The van der Waals surface area contributed by atoms with Gasteiger partial charge in [0.1, 0.15) is 0 Å². The molecule has 5 nitrogen and oxygen atoms in total. The summed E-state index contributed by atoms with van der Waals surface area (Å²) in [6.45, 7) is 7.98. The lowest BCUT2D eigenvalue weighted by Crippen LogP contribution is -2.45. The number of aliphatic hydroxyl groups is 1. The van der Waals surface area contributed by atoms with Crippen molar-refractivity contribution in [1.29, 1.82) is 0 Å². The SMILES string of the molecule is CCOC(=O)CCc1c([C@@H](C)OC[C@H](O)CNC(C)(C)CC2Cc3ccccc3C2)cccc1C(F)(F)F. The number of carbonyl (C=O) groups is 1. The highest BCUT2D eigenvalue weighted by atomic mass is 19.4. The number of rotatable bonds is 13. The summed E-state index contributed by atoms with van der Waals surface area (Å²) in [6.07, 6.45) is -3.29. The first-order valence-electron chi connectivity index (χ1n) is 13.4. The van der Waals surface area contributed by atoms with Gasteiger partial charge in [0, 0.05) is 18.5 Å². The number of esters is 1. The summed E-state index contributed by atoms with van der Waals surface area (Å²) in [7, 11) is 0. The van der Waals surface area contributed by atoms with Crippen LogP contribution in [0, 0.1) is 5.92 Å². The van der Waals surface area contributed by atoms with Gasteiger partial charge >= 0.3 is 12.1 Å². The molecule has 0 unspecified atom stereocenters. The number of alkyl halides is 3. The summed E-state index contributed by atoms with van der Waals surface area (Å²) in [5, 5.41) is 14.0. The predicted octanol–water partition coefficient (Wildman–Crippen LogP) is 5.81. The monoisotopic (exact) mass is 535 g/mol. The van der Waals surface area contributed by atoms with Gasteiger partial charge < -0.3 is 19.9 Å². The van der Waals surface area contributed by atoms with Crippen molar-refractivity contribution >= 4 is 5.97 Å². The van der Waals surface area contributed by atoms with E-state index in [1.165, 1.54) is 17.2 Å². The van der Waals surface area contributed by atoms with E-state index >= 15 is 0 Å². The Morgan fingerprint density at radius 3 is 2.37 bits per heavy atom. The van der Waals surface area contributed by atoms with Gasteiger partial charge in [-0.2, -0.15) is 13.2 Å². The van der Waals surface area contributed by atoms with Crippen LogP contribution in [0.3, 0.4) is 0 Å². The van der Waals surface area contributed by atoms with E-state index in [1.54, 1.807) is 19.9 Å². The molecule has 0 spiro atoms. The zero-order valence-corrected chi connectivity index (χ0v) is 22.7. The molecule has 0 aliphatic heterocycles. The fraction of sp³-hybridized carbons (Fsp3) is 0.567. The Morgan fingerprint density at radius 2 is 1.76 bits per heavy atom. The van der Waals surface area contributed by atoms with E-state index < -0.39 is 29.9 Å². The van der Waals surface area contributed by atoms with E-state index in [1.807, 2.05) is 0 Å². The van der Waals surface area contributed by atoms with E-state index in [2.05, 4.69) is 43.4 Å². The Morgan fingerprint density at radius 1 is 1.11 bits per heavy atom. The average molecular weight is 536 g/mol. The highest BCUT2D eigenvalue weighted by molar-refractivity contribution is 5.69. The van der Waals surface area contributed by atoms with E-state index in [9.17, 15) is 23.1 Å². The van der Waals surface area contributed by atoms with Crippen molar-refractivity contribution < 1.29 is 32.5 Å². The number of nitrogens with one attached hydrogen (secondary N) is 1. The fourth-order valence-electron chi connectivity index (χ4n) is 5.38. The van der Waals surface area contributed by atoms with Crippen molar-refractivity contribution in [3.8, 4) is 0 Å². The Balaban J connectivity index is 1.54. The maximum Gasteiger partial charge on any atom is 0.416 e. The molecule has 3 rings (SSSR count). The molecule has 0 bridgehead atoms. The first kappa shape index (κ1) is 30.1. The van der Waals surface area contributed by atoms with Crippen molar-refractivity contribution in [3.63, 3.8) is 0 Å². The number of benzene rings is 2. The third-order valence-corrected chi connectivity index (χ3v) is 7.13. The molecular formula is C30H40F3NO4. The minimum absolute atomic E-state index is 0.0202. The van der Waals surface area contributed by atoms with E-state index in [-0.39, 0.29) is 37.2 Å². The molecule has 2 aromatic carbocycles. The molecule has 0 heterocycles. The van der Waals surface area contributed by atoms with Crippen LogP contribution in [-0.4, -0.2) is 42.5 Å². The average Bonchev–Trinajstić information content (AvgIpc) is 3.25. The van der Waals surface area contributed by atoms with Gasteiger partial charge in [-0.3, -0.25) is 4.79 Å². The number of fused-ring (bicyclic) bond motifs is 1. The zero-order valence-electron chi connectivity index (χ0n) is 22.7. The molecule has 8 heteroatoms. The smallest absolute Gasteiger partial charge is 0.416 e. The van der Waals surface area contributed by atoms with Gasteiger partial charge in [0.25, 0.3) is 0 Å². The third-order valence-electron chi connectivity index (χ3n) is 7.13. The highest BCUT2D eigenvalue weighted by Crippen LogP contribution is 2.36. The van der Waals surface area contributed by atoms with E-state index in [0.29, 0.717) is 18.0 Å². The number of hydrogen-bond acceptors (Lipinski definition) is 5. The van der Waals surface area contributed by atoms with Crippen molar-refractivity contribution in [1.82, 2.24) is 5.32 Å². The number of β-amino-alcohol motifs (C(OH)–C–C–N with tert-alkyl or cyclic N) is 1. The molecule has 1 aliphatic carbocycles. The van der Waals surface area contributed by atoms with Crippen LogP contribution in [0.1, 0.15) is 74.5 Å². The highest BCUT2D eigenvalue weighted by Gasteiger charge is 2.35. The molecule has 0 radical (unpaired) electrons. The normalized spacial score (nSPS) is 15.8. The van der Waals surface area contributed by atoms with Gasteiger partial charge in [-0.05, 0) is 87.6 Å². The van der Waals surface area contributed by atoms with Crippen LogP contribution >= 0.6 is 0 Å². The Bertz CT molecular complexity index is 1040. The molecule has 0 fully saturated rings. The number of carbonyl (C=O) groups excluding carboxylic acids is 1. The lowest BCUT2D eigenvalue weighted by atomic mass is 9.88. The molecule has 0 saturated carbocycles. The lowest BCUT2D eigenvalue weighted by molar-refractivity contribution is -0.144. The minimum atomic E-state index is -4.56. The molecule has 2 aromatic rings. The third kappa shape index (κ3) is 8.55. The topological polar surface area (TPSA) is 67.8 Å². The minimum Gasteiger partial charge on any atom is -0.466 e. The van der Waals surface area contributed by atoms with Crippen molar-refractivity contribution in [2.45, 2.75) is 83.7 Å². The summed E-state index contributed by atoms with van der Waals surface area (Å²) >= 11 is 0. The molecular weight excluding hydrogens is 495 g/mol. The number of aliphatic hydroxyl groups excluding tert-OH is 1. The summed E-state index contributed by atoms with van der Waals surface area (Å²) in [6, 6.07) is 12.5. The van der Waals surface area contributed by atoms with Gasteiger partial charge in [-0.15, -0.1) is 0 Å². The first-order valence-corrected chi connectivity index (χ1v) is 13.4. The quantitative estimate of drug-likeness (QED) is 0.317.